The van der Waals surface area contributed by atoms with E-state index in [9.17, 15) is 8.42 Å². The Hall–Kier alpha value is -0.170. The number of hydrogen-bond donors (Lipinski definition) is 1. The lowest BCUT2D eigenvalue weighted by atomic mass is 10.00. The zero-order valence-electron chi connectivity index (χ0n) is 12.5. The quantitative estimate of drug-likeness (QED) is 0.802. The molecule has 2 rings (SSSR count). The van der Waals surface area contributed by atoms with Crippen LogP contribution in [0.4, 0.5) is 0 Å². The largest absolute Gasteiger partial charge is 0.396 e. The normalized spacial score (nSPS) is 24.9. The molecule has 1 saturated heterocycles. The van der Waals surface area contributed by atoms with Crippen molar-refractivity contribution in [3.8, 4) is 0 Å². The van der Waals surface area contributed by atoms with Gasteiger partial charge in [0.25, 0.3) is 10.2 Å². The second-order valence-corrected chi connectivity index (χ2v) is 8.18. The van der Waals surface area contributed by atoms with Gasteiger partial charge in [-0.2, -0.15) is 17.0 Å². The summed E-state index contributed by atoms with van der Waals surface area (Å²) in [5.74, 6) is 0.268. The first-order valence-electron chi connectivity index (χ1n) is 7.89. The molecule has 1 N–H and O–H groups in total. The van der Waals surface area contributed by atoms with Crippen molar-refractivity contribution < 1.29 is 13.5 Å². The Bertz CT molecular complexity index is 383. The van der Waals surface area contributed by atoms with Gasteiger partial charge in [0.15, 0.2) is 0 Å². The van der Waals surface area contributed by atoms with E-state index >= 15 is 0 Å². The molecule has 2 fully saturated rings. The summed E-state index contributed by atoms with van der Waals surface area (Å²) in [6.45, 7) is 1.27. The first kappa shape index (κ1) is 16.2. The molecule has 0 aromatic carbocycles. The average Bonchev–Trinajstić information content (AvgIpc) is 2.75. The zero-order chi connectivity index (χ0) is 14.6. The van der Waals surface area contributed by atoms with E-state index in [1.54, 1.807) is 15.7 Å². The standard InChI is InChI=1S/C14H28N2O3S/c1-15(14-6-4-2-3-5-7-14)20(18,19)16-10-8-13(12-17)9-11-16/h13-14,17H,2-12H2,1H3. The number of piperidine rings is 1. The summed E-state index contributed by atoms with van der Waals surface area (Å²) in [7, 11) is -1.58. The van der Waals surface area contributed by atoms with E-state index in [1.165, 1.54) is 12.8 Å². The van der Waals surface area contributed by atoms with Crippen molar-refractivity contribution in [3.05, 3.63) is 0 Å². The van der Waals surface area contributed by atoms with Crippen molar-refractivity contribution in [3.63, 3.8) is 0 Å². The van der Waals surface area contributed by atoms with E-state index in [0.717, 1.165) is 38.5 Å². The minimum atomic E-state index is -3.32. The van der Waals surface area contributed by atoms with Crippen LogP contribution in [0.25, 0.3) is 0 Å². The number of nitrogens with zero attached hydrogens (tertiary/aromatic N) is 2. The minimum absolute atomic E-state index is 0.165. The van der Waals surface area contributed by atoms with E-state index in [-0.39, 0.29) is 18.6 Å². The van der Waals surface area contributed by atoms with Crippen LogP contribution in [0.1, 0.15) is 51.4 Å². The average molecular weight is 304 g/mol. The predicted molar refractivity (Wildman–Crippen MR) is 79.6 cm³/mol. The van der Waals surface area contributed by atoms with Crippen LogP contribution in [0.2, 0.25) is 0 Å². The first-order chi connectivity index (χ1) is 9.55. The molecule has 118 valence electrons. The van der Waals surface area contributed by atoms with Gasteiger partial charge in [-0.05, 0) is 31.6 Å². The third kappa shape index (κ3) is 3.72. The van der Waals surface area contributed by atoms with Gasteiger partial charge < -0.3 is 5.11 Å². The van der Waals surface area contributed by atoms with Gasteiger partial charge in [-0.25, -0.2) is 0 Å². The lowest BCUT2D eigenvalue weighted by Gasteiger charge is -2.36. The molecule has 0 aromatic heterocycles. The van der Waals surface area contributed by atoms with E-state index in [1.807, 2.05) is 0 Å². The Morgan fingerprint density at radius 3 is 2.10 bits per heavy atom. The molecule has 6 heteroatoms. The maximum Gasteiger partial charge on any atom is 0.281 e. The molecular formula is C14H28N2O3S. The van der Waals surface area contributed by atoms with Gasteiger partial charge in [0, 0.05) is 32.8 Å². The first-order valence-corrected chi connectivity index (χ1v) is 9.29. The Kier molecular flexibility index (Phi) is 5.84. The van der Waals surface area contributed by atoms with Crippen molar-refractivity contribution in [2.24, 2.45) is 5.92 Å². The molecule has 1 heterocycles. The van der Waals surface area contributed by atoms with Gasteiger partial charge in [0.2, 0.25) is 0 Å². The topological polar surface area (TPSA) is 60.9 Å². The zero-order valence-corrected chi connectivity index (χ0v) is 13.3. The van der Waals surface area contributed by atoms with E-state index in [4.69, 9.17) is 5.11 Å². The van der Waals surface area contributed by atoms with E-state index in [2.05, 4.69) is 0 Å². The molecular weight excluding hydrogens is 276 g/mol. The van der Waals surface area contributed by atoms with Gasteiger partial charge in [0.1, 0.15) is 0 Å². The second-order valence-electron chi connectivity index (χ2n) is 6.19. The molecule has 0 aromatic rings. The Labute approximate surface area is 123 Å². The Morgan fingerprint density at radius 2 is 1.60 bits per heavy atom. The monoisotopic (exact) mass is 304 g/mol. The van der Waals surface area contributed by atoms with Crippen LogP contribution in [0.3, 0.4) is 0 Å². The smallest absolute Gasteiger partial charge is 0.281 e. The van der Waals surface area contributed by atoms with Crippen molar-refractivity contribution in [1.82, 2.24) is 8.61 Å². The maximum absolute atomic E-state index is 12.7. The van der Waals surface area contributed by atoms with Crippen LogP contribution in [0.15, 0.2) is 0 Å². The fraction of sp³-hybridized carbons (Fsp3) is 1.00. The van der Waals surface area contributed by atoms with Gasteiger partial charge in [-0.15, -0.1) is 0 Å². The van der Waals surface area contributed by atoms with Gasteiger partial charge in [-0.1, -0.05) is 25.7 Å². The molecule has 0 radical (unpaired) electrons. The molecule has 1 aliphatic heterocycles. The lowest BCUT2D eigenvalue weighted by molar-refractivity contribution is 0.164. The Balaban J connectivity index is 1.98. The summed E-state index contributed by atoms with van der Waals surface area (Å²) < 4.78 is 28.6. The predicted octanol–water partition coefficient (Wildman–Crippen LogP) is 1.59. The molecule has 0 atom stereocenters. The highest BCUT2D eigenvalue weighted by atomic mass is 32.2. The van der Waals surface area contributed by atoms with Crippen molar-refractivity contribution in [2.75, 3.05) is 26.7 Å². The molecule has 5 nitrogen and oxygen atoms in total. The molecule has 20 heavy (non-hydrogen) atoms. The lowest BCUT2D eigenvalue weighted by Crippen LogP contribution is -2.49. The molecule has 0 spiro atoms. The molecule has 1 aliphatic carbocycles. The number of aliphatic hydroxyl groups excluding tert-OH is 1. The highest BCUT2D eigenvalue weighted by Gasteiger charge is 2.34. The van der Waals surface area contributed by atoms with Crippen LogP contribution in [-0.4, -0.2) is 54.9 Å². The van der Waals surface area contributed by atoms with Crippen LogP contribution in [0, 0.1) is 5.92 Å². The summed E-state index contributed by atoms with van der Waals surface area (Å²) in [5.41, 5.74) is 0. The molecule has 0 unspecified atom stereocenters. The molecule has 0 bridgehead atoms. The van der Waals surface area contributed by atoms with Gasteiger partial charge in [0.05, 0.1) is 0 Å². The summed E-state index contributed by atoms with van der Waals surface area (Å²) in [6, 6.07) is 0.165. The van der Waals surface area contributed by atoms with Crippen molar-refractivity contribution in [2.45, 2.75) is 57.4 Å². The van der Waals surface area contributed by atoms with Crippen LogP contribution >= 0.6 is 0 Å². The van der Waals surface area contributed by atoms with Crippen molar-refractivity contribution >= 4 is 10.2 Å². The molecule has 0 amide bonds. The highest BCUT2D eigenvalue weighted by Crippen LogP contribution is 2.26. The van der Waals surface area contributed by atoms with Crippen LogP contribution < -0.4 is 0 Å². The fourth-order valence-corrected chi connectivity index (χ4v) is 4.94. The molecule has 1 saturated carbocycles. The third-order valence-electron chi connectivity index (χ3n) is 4.86. The van der Waals surface area contributed by atoms with Gasteiger partial charge >= 0.3 is 0 Å². The number of rotatable bonds is 4. The van der Waals surface area contributed by atoms with Crippen molar-refractivity contribution in [1.29, 1.82) is 0 Å². The van der Waals surface area contributed by atoms with Crippen LogP contribution in [0.5, 0.6) is 0 Å². The summed E-state index contributed by atoms with van der Waals surface area (Å²) >= 11 is 0. The summed E-state index contributed by atoms with van der Waals surface area (Å²) in [4.78, 5) is 0. The maximum atomic E-state index is 12.7. The van der Waals surface area contributed by atoms with E-state index < -0.39 is 10.2 Å². The summed E-state index contributed by atoms with van der Waals surface area (Å²) in [6.07, 6.45) is 8.25. The third-order valence-corrected chi connectivity index (χ3v) is 6.90. The number of hydrogen-bond acceptors (Lipinski definition) is 3. The summed E-state index contributed by atoms with van der Waals surface area (Å²) in [5, 5.41) is 9.15. The van der Waals surface area contributed by atoms with Gasteiger partial charge in [-0.3, -0.25) is 0 Å². The molecule has 2 aliphatic rings. The fourth-order valence-electron chi connectivity index (χ4n) is 3.31. The second kappa shape index (κ2) is 7.20. The van der Waals surface area contributed by atoms with Crippen LogP contribution in [-0.2, 0) is 10.2 Å². The number of aliphatic hydroxyl groups is 1. The Morgan fingerprint density at radius 1 is 1.05 bits per heavy atom. The highest BCUT2D eigenvalue weighted by molar-refractivity contribution is 7.86. The van der Waals surface area contributed by atoms with E-state index in [0.29, 0.717) is 13.1 Å². The minimum Gasteiger partial charge on any atom is -0.396 e. The SMILES string of the molecule is CN(C1CCCCCC1)S(=O)(=O)N1CCC(CO)CC1.